The summed E-state index contributed by atoms with van der Waals surface area (Å²) in [7, 11) is 0. The number of hydrogen-bond donors (Lipinski definition) is 3. The van der Waals surface area contributed by atoms with Crippen molar-refractivity contribution in [3.63, 3.8) is 0 Å². The lowest BCUT2D eigenvalue weighted by molar-refractivity contribution is 0.0439. The molecule has 2 amide bonds. The molecule has 3 N–H and O–H groups in total. The molecule has 8 heteroatoms. The van der Waals surface area contributed by atoms with Gasteiger partial charge in [-0.2, -0.15) is 5.10 Å². The molecular weight excluding hydrogens is 464 g/mol. The largest absolute Gasteiger partial charge is 0.369 e. The van der Waals surface area contributed by atoms with Gasteiger partial charge in [-0.15, -0.1) is 0 Å². The Labute approximate surface area is 220 Å². The molecule has 3 aliphatic carbocycles. The number of nitrogens with zero attached hydrogens (tertiary/aromatic N) is 3. The van der Waals surface area contributed by atoms with E-state index in [2.05, 4.69) is 70.5 Å². The molecule has 4 fully saturated rings. The Morgan fingerprint density at radius 2 is 1.43 bits per heavy atom. The molecule has 8 nitrogen and oxygen atoms in total. The summed E-state index contributed by atoms with van der Waals surface area (Å²) in [5.41, 5.74) is 2.85. The van der Waals surface area contributed by atoms with E-state index in [1.165, 1.54) is 5.69 Å². The number of H-pyrrole nitrogens is 1. The smallest absolute Gasteiger partial charge is 0.272 e. The van der Waals surface area contributed by atoms with Gasteiger partial charge >= 0.3 is 0 Å². The van der Waals surface area contributed by atoms with Gasteiger partial charge in [0, 0.05) is 59.6 Å². The van der Waals surface area contributed by atoms with Crippen LogP contribution in [0.5, 0.6) is 0 Å². The third-order valence-electron chi connectivity index (χ3n) is 8.94. The predicted molar refractivity (Wildman–Crippen MR) is 146 cm³/mol. The Morgan fingerprint density at radius 1 is 0.892 bits per heavy atom. The fraction of sp³-hybridized carbons (Fsp3) is 0.621. The van der Waals surface area contributed by atoms with E-state index in [4.69, 9.17) is 0 Å². The van der Waals surface area contributed by atoms with Gasteiger partial charge in [-0.1, -0.05) is 27.7 Å². The highest BCUT2D eigenvalue weighted by Crippen LogP contribution is 2.47. The zero-order valence-corrected chi connectivity index (χ0v) is 22.8. The summed E-state index contributed by atoms with van der Waals surface area (Å²) in [6.07, 6.45) is 5.26. The van der Waals surface area contributed by atoms with Crippen molar-refractivity contribution in [2.75, 3.05) is 37.6 Å². The molecule has 2 bridgehead atoms. The van der Waals surface area contributed by atoms with Crippen LogP contribution >= 0.6 is 0 Å². The molecule has 0 radical (unpaired) electrons. The molecule has 6 rings (SSSR count). The van der Waals surface area contributed by atoms with Crippen molar-refractivity contribution in [1.82, 2.24) is 25.7 Å². The number of rotatable bonds is 6. The molecule has 2 heterocycles. The van der Waals surface area contributed by atoms with Crippen LogP contribution in [0.15, 0.2) is 30.3 Å². The number of aromatic amines is 1. The van der Waals surface area contributed by atoms with Crippen molar-refractivity contribution in [3.8, 4) is 0 Å². The summed E-state index contributed by atoms with van der Waals surface area (Å²) >= 11 is 0. The van der Waals surface area contributed by atoms with E-state index >= 15 is 0 Å². The van der Waals surface area contributed by atoms with Crippen LogP contribution < -0.4 is 15.5 Å². The number of nitrogens with one attached hydrogen (secondary N) is 3. The third kappa shape index (κ3) is 5.40. The van der Waals surface area contributed by atoms with Crippen LogP contribution in [0.4, 0.5) is 5.69 Å². The number of benzene rings is 1. The lowest BCUT2D eigenvalue weighted by atomic mass is 9.61. The monoisotopic (exact) mass is 506 g/mol. The topological polar surface area (TPSA) is 93.4 Å². The van der Waals surface area contributed by atoms with Crippen LogP contribution in [-0.4, -0.2) is 70.7 Å². The van der Waals surface area contributed by atoms with Gasteiger partial charge < -0.3 is 20.4 Å². The number of piperazine rings is 1. The van der Waals surface area contributed by atoms with Crippen molar-refractivity contribution in [2.45, 2.75) is 82.7 Å². The summed E-state index contributed by atoms with van der Waals surface area (Å²) in [6.45, 7) is 13.8. The minimum absolute atomic E-state index is 0.00650. The summed E-state index contributed by atoms with van der Waals surface area (Å²) in [4.78, 5) is 31.0. The molecular formula is C29H42N6O2. The number of fused-ring (bicyclic) bond motifs is 3. The first-order valence-electron chi connectivity index (χ1n) is 13.9. The van der Waals surface area contributed by atoms with E-state index in [-0.39, 0.29) is 28.3 Å². The Kier molecular flexibility index (Phi) is 6.81. The average Bonchev–Trinajstić information content (AvgIpc) is 3.42. The highest BCUT2D eigenvalue weighted by atomic mass is 16.2. The molecule has 200 valence electrons. The summed E-state index contributed by atoms with van der Waals surface area (Å²) < 4.78 is 0. The molecule has 1 aromatic carbocycles. The van der Waals surface area contributed by atoms with Crippen LogP contribution in [0.1, 0.15) is 92.8 Å². The van der Waals surface area contributed by atoms with Gasteiger partial charge in [0.25, 0.3) is 11.8 Å². The lowest BCUT2D eigenvalue weighted by Gasteiger charge is -2.53. The standard InChI is InChI=1S/C29H42N6O2/c1-5-34-16-18-35(19-17-34)22-8-6-21(7-9-22)25(36)30-28-10-13-29(14-11-28,15-12-28)31-26(37)23-20-24(33-32-23)27(2,3)4/h6-9,20H,5,10-19H2,1-4H3,(H,30,36)(H,31,37)(H,32,33). The van der Waals surface area contributed by atoms with E-state index in [1.54, 1.807) is 0 Å². The molecule has 3 saturated carbocycles. The molecule has 2 aromatic rings. The number of carbonyl (C=O) groups is 2. The van der Waals surface area contributed by atoms with E-state index < -0.39 is 0 Å². The lowest BCUT2D eigenvalue weighted by Crippen LogP contribution is -2.63. The maximum absolute atomic E-state index is 13.2. The van der Waals surface area contributed by atoms with Gasteiger partial charge in [-0.3, -0.25) is 14.7 Å². The first-order chi connectivity index (χ1) is 17.6. The first kappa shape index (κ1) is 25.8. The highest BCUT2D eigenvalue weighted by molar-refractivity contribution is 5.95. The van der Waals surface area contributed by atoms with Gasteiger partial charge in [-0.25, -0.2) is 0 Å². The Hall–Kier alpha value is -2.87. The van der Waals surface area contributed by atoms with Crippen LogP contribution in [0.2, 0.25) is 0 Å². The zero-order valence-electron chi connectivity index (χ0n) is 22.8. The van der Waals surface area contributed by atoms with Crippen LogP contribution in [0.25, 0.3) is 0 Å². The van der Waals surface area contributed by atoms with E-state index in [0.717, 1.165) is 76.9 Å². The quantitative estimate of drug-likeness (QED) is 0.553. The molecule has 0 atom stereocenters. The molecule has 4 aliphatic rings. The Bertz CT molecular complexity index is 1100. The van der Waals surface area contributed by atoms with Crippen LogP contribution in [0.3, 0.4) is 0 Å². The van der Waals surface area contributed by atoms with Crippen molar-refractivity contribution in [3.05, 3.63) is 47.3 Å². The minimum Gasteiger partial charge on any atom is -0.369 e. The SMILES string of the molecule is CCN1CCN(c2ccc(C(=O)NC34CCC(NC(=O)c5cc(C(C)(C)C)[nH]n5)(CC3)CC4)cc2)CC1. The maximum atomic E-state index is 13.2. The van der Waals surface area contributed by atoms with Gasteiger partial charge in [0.1, 0.15) is 5.69 Å². The van der Waals surface area contributed by atoms with Crippen molar-refractivity contribution in [1.29, 1.82) is 0 Å². The van der Waals surface area contributed by atoms with Crippen molar-refractivity contribution >= 4 is 17.5 Å². The third-order valence-corrected chi connectivity index (χ3v) is 8.94. The number of amides is 2. The van der Waals surface area contributed by atoms with E-state index in [9.17, 15) is 9.59 Å². The van der Waals surface area contributed by atoms with E-state index in [0.29, 0.717) is 11.3 Å². The summed E-state index contributed by atoms with van der Waals surface area (Å²) in [5.74, 6) is -0.103. The van der Waals surface area contributed by atoms with Gasteiger partial charge in [-0.05, 0) is 75.4 Å². The Morgan fingerprint density at radius 3 is 1.92 bits per heavy atom. The maximum Gasteiger partial charge on any atom is 0.272 e. The predicted octanol–water partition coefficient (Wildman–Crippen LogP) is 3.85. The summed E-state index contributed by atoms with van der Waals surface area (Å²) in [5, 5.41) is 14.0. The number of carbonyl (C=O) groups excluding carboxylic acids is 2. The molecule has 1 aromatic heterocycles. The van der Waals surface area contributed by atoms with Crippen LogP contribution in [-0.2, 0) is 5.41 Å². The Balaban J connectivity index is 1.15. The van der Waals surface area contributed by atoms with Crippen LogP contribution in [0, 0.1) is 0 Å². The minimum atomic E-state index is -0.201. The number of likely N-dealkylation sites (N-methyl/N-ethyl adjacent to an activating group) is 1. The molecule has 1 aliphatic heterocycles. The molecule has 0 unspecified atom stereocenters. The highest BCUT2D eigenvalue weighted by Gasteiger charge is 2.50. The number of anilines is 1. The summed E-state index contributed by atoms with van der Waals surface area (Å²) in [6, 6.07) is 9.94. The zero-order chi connectivity index (χ0) is 26.3. The molecule has 37 heavy (non-hydrogen) atoms. The van der Waals surface area contributed by atoms with Crippen molar-refractivity contribution < 1.29 is 9.59 Å². The molecule has 0 spiro atoms. The fourth-order valence-electron chi connectivity index (χ4n) is 6.15. The second-order valence-electron chi connectivity index (χ2n) is 12.4. The number of aromatic nitrogens is 2. The fourth-order valence-corrected chi connectivity index (χ4v) is 6.15. The van der Waals surface area contributed by atoms with Gasteiger partial charge in [0.15, 0.2) is 0 Å². The number of hydrogen-bond acceptors (Lipinski definition) is 5. The van der Waals surface area contributed by atoms with Gasteiger partial charge in [0.2, 0.25) is 0 Å². The van der Waals surface area contributed by atoms with Crippen molar-refractivity contribution in [2.24, 2.45) is 0 Å². The molecule has 1 saturated heterocycles. The normalized spacial score (nSPS) is 26.2. The first-order valence-corrected chi connectivity index (χ1v) is 13.9. The second kappa shape index (κ2) is 9.78. The van der Waals surface area contributed by atoms with Gasteiger partial charge in [0.05, 0.1) is 0 Å². The van der Waals surface area contributed by atoms with E-state index in [1.807, 2.05) is 18.2 Å². The average molecular weight is 507 g/mol. The second-order valence-corrected chi connectivity index (χ2v) is 12.4.